The summed E-state index contributed by atoms with van der Waals surface area (Å²) >= 11 is 16.1. The van der Waals surface area contributed by atoms with Crippen LogP contribution in [0.5, 0.6) is 0 Å². The van der Waals surface area contributed by atoms with Gasteiger partial charge in [-0.1, -0.05) is 34.5 Å². The lowest BCUT2D eigenvalue weighted by Gasteiger charge is -1.98. The number of nitrogens with one attached hydrogen (secondary N) is 1. The third-order valence-electron chi connectivity index (χ3n) is 2.72. The second kappa shape index (κ2) is 6.14. The maximum atomic E-state index is 12.2. The Kier molecular flexibility index (Phi) is 4.42. The molecule has 0 radical (unpaired) electrons. The van der Waals surface area contributed by atoms with Gasteiger partial charge in [0, 0.05) is 4.90 Å². The van der Waals surface area contributed by atoms with Crippen molar-refractivity contribution in [3.05, 3.63) is 38.5 Å². The summed E-state index contributed by atoms with van der Waals surface area (Å²) < 4.78 is 1.90. The molecule has 0 fully saturated rings. The Bertz CT molecular complexity index is 828. The molecule has 108 valence electrons. The Labute approximate surface area is 143 Å². The molecule has 0 aliphatic carbocycles. The van der Waals surface area contributed by atoms with E-state index in [0.29, 0.717) is 19.4 Å². The van der Waals surface area contributed by atoms with Gasteiger partial charge in [-0.15, -0.1) is 23.1 Å². The van der Waals surface area contributed by atoms with E-state index in [-0.39, 0.29) is 5.91 Å². The standard InChI is InChI=1S/C13H8Cl2N2OS3/c1-19-6-2-3-8-9(4-6)20-13(16-8)17-12(18)7-5-10(14)21-11(7)15/h2-5H,1H3,(H,16,17,18). The summed E-state index contributed by atoms with van der Waals surface area (Å²) in [5.41, 5.74) is 1.23. The molecule has 1 aromatic carbocycles. The fourth-order valence-corrected chi connectivity index (χ4v) is 4.62. The van der Waals surface area contributed by atoms with Crippen LogP contribution in [0.2, 0.25) is 8.67 Å². The summed E-state index contributed by atoms with van der Waals surface area (Å²) in [6.07, 6.45) is 2.02. The molecule has 3 rings (SSSR count). The average molecular weight is 375 g/mol. The van der Waals surface area contributed by atoms with E-state index in [1.807, 2.05) is 18.4 Å². The number of carbonyl (C=O) groups excluding carboxylic acids is 1. The highest BCUT2D eigenvalue weighted by Crippen LogP contribution is 2.33. The van der Waals surface area contributed by atoms with Crippen LogP contribution in [0, 0.1) is 0 Å². The topological polar surface area (TPSA) is 42.0 Å². The highest BCUT2D eigenvalue weighted by molar-refractivity contribution is 7.98. The normalized spacial score (nSPS) is 11.0. The van der Waals surface area contributed by atoms with E-state index in [1.54, 1.807) is 17.8 Å². The molecule has 3 nitrogen and oxygen atoms in total. The van der Waals surface area contributed by atoms with E-state index in [2.05, 4.69) is 16.4 Å². The molecule has 0 unspecified atom stereocenters. The first-order valence-corrected chi connectivity index (χ1v) is 9.39. The maximum absolute atomic E-state index is 12.2. The van der Waals surface area contributed by atoms with Crippen LogP contribution in [0.25, 0.3) is 10.2 Å². The van der Waals surface area contributed by atoms with Crippen molar-refractivity contribution in [3.63, 3.8) is 0 Å². The van der Waals surface area contributed by atoms with E-state index < -0.39 is 0 Å². The molecule has 8 heteroatoms. The van der Waals surface area contributed by atoms with E-state index >= 15 is 0 Å². The third kappa shape index (κ3) is 3.19. The first kappa shape index (κ1) is 15.1. The first-order chi connectivity index (χ1) is 10.1. The van der Waals surface area contributed by atoms with Gasteiger partial charge in [0.05, 0.1) is 20.1 Å². The molecule has 3 aromatic rings. The number of anilines is 1. The van der Waals surface area contributed by atoms with Crippen molar-refractivity contribution in [3.8, 4) is 0 Å². The molecule has 1 amide bonds. The molecule has 0 aliphatic rings. The molecular formula is C13H8Cl2N2OS3. The molecular weight excluding hydrogens is 367 g/mol. The van der Waals surface area contributed by atoms with Crippen LogP contribution in [-0.4, -0.2) is 17.1 Å². The number of thioether (sulfide) groups is 1. The largest absolute Gasteiger partial charge is 0.298 e. The number of hydrogen-bond donors (Lipinski definition) is 1. The molecule has 0 saturated heterocycles. The van der Waals surface area contributed by atoms with Gasteiger partial charge in [-0.05, 0) is 30.5 Å². The molecule has 2 heterocycles. The molecule has 21 heavy (non-hydrogen) atoms. The number of nitrogens with zero attached hydrogens (tertiary/aromatic N) is 1. The number of carbonyl (C=O) groups is 1. The van der Waals surface area contributed by atoms with E-state index in [1.165, 1.54) is 22.7 Å². The zero-order valence-corrected chi connectivity index (χ0v) is 14.6. The van der Waals surface area contributed by atoms with Crippen molar-refractivity contribution in [2.45, 2.75) is 4.90 Å². The Morgan fingerprint density at radius 2 is 2.10 bits per heavy atom. The zero-order chi connectivity index (χ0) is 15.0. The number of thiophene rings is 1. The number of hydrogen-bond acceptors (Lipinski definition) is 5. The highest BCUT2D eigenvalue weighted by Gasteiger charge is 2.16. The Morgan fingerprint density at radius 1 is 1.29 bits per heavy atom. The van der Waals surface area contributed by atoms with Crippen LogP contribution in [0.4, 0.5) is 5.13 Å². The molecule has 1 N–H and O–H groups in total. The van der Waals surface area contributed by atoms with Crippen molar-refractivity contribution in [2.75, 3.05) is 11.6 Å². The zero-order valence-electron chi connectivity index (χ0n) is 10.6. The third-order valence-corrected chi connectivity index (χ3v) is 5.86. The van der Waals surface area contributed by atoms with Gasteiger partial charge in [0.25, 0.3) is 5.91 Å². The predicted octanol–water partition coefficient (Wildman–Crippen LogP) is 5.64. The van der Waals surface area contributed by atoms with Crippen LogP contribution in [0.3, 0.4) is 0 Å². The minimum Gasteiger partial charge on any atom is -0.298 e. The van der Waals surface area contributed by atoms with E-state index in [4.69, 9.17) is 23.2 Å². The lowest BCUT2D eigenvalue weighted by Crippen LogP contribution is -2.10. The molecule has 0 atom stereocenters. The van der Waals surface area contributed by atoms with Crippen LogP contribution in [0.15, 0.2) is 29.2 Å². The summed E-state index contributed by atoms with van der Waals surface area (Å²) in [6, 6.07) is 7.57. The van der Waals surface area contributed by atoms with Gasteiger partial charge in [0.1, 0.15) is 4.34 Å². The van der Waals surface area contributed by atoms with Crippen molar-refractivity contribution in [1.29, 1.82) is 0 Å². The summed E-state index contributed by atoms with van der Waals surface area (Å²) in [5, 5.41) is 3.31. The van der Waals surface area contributed by atoms with Gasteiger partial charge < -0.3 is 0 Å². The number of rotatable bonds is 3. The first-order valence-electron chi connectivity index (χ1n) is 5.77. The predicted molar refractivity (Wildman–Crippen MR) is 93.7 cm³/mol. The SMILES string of the molecule is CSc1ccc2nc(NC(=O)c3cc(Cl)sc3Cl)sc2c1. The van der Waals surface area contributed by atoms with Gasteiger partial charge in [-0.2, -0.15) is 0 Å². The van der Waals surface area contributed by atoms with Gasteiger partial charge in [-0.3, -0.25) is 10.1 Å². The summed E-state index contributed by atoms with van der Waals surface area (Å²) in [7, 11) is 0. The highest BCUT2D eigenvalue weighted by atomic mass is 35.5. The van der Waals surface area contributed by atoms with Gasteiger partial charge in [-0.25, -0.2) is 4.98 Å². The lowest BCUT2D eigenvalue weighted by atomic mass is 10.3. The van der Waals surface area contributed by atoms with Crippen LogP contribution < -0.4 is 5.32 Å². The van der Waals surface area contributed by atoms with Gasteiger partial charge >= 0.3 is 0 Å². The van der Waals surface area contributed by atoms with Crippen LogP contribution in [0.1, 0.15) is 10.4 Å². The molecule has 0 bridgehead atoms. The van der Waals surface area contributed by atoms with E-state index in [0.717, 1.165) is 15.1 Å². The van der Waals surface area contributed by atoms with Gasteiger partial charge in [0.2, 0.25) is 0 Å². The monoisotopic (exact) mass is 374 g/mol. The molecule has 0 spiro atoms. The number of thiazole rings is 1. The second-order valence-electron chi connectivity index (χ2n) is 4.04. The van der Waals surface area contributed by atoms with Gasteiger partial charge in [0.15, 0.2) is 5.13 Å². The number of halogens is 2. The quantitative estimate of drug-likeness (QED) is 0.603. The fourth-order valence-electron chi connectivity index (χ4n) is 1.74. The van der Waals surface area contributed by atoms with Crippen LogP contribution in [-0.2, 0) is 0 Å². The Morgan fingerprint density at radius 3 is 2.76 bits per heavy atom. The summed E-state index contributed by atoms with van der Waals surface area (Å²) in [4.78, 5) is 17.7. The number of fused-ring (bicyclic) bond motifs is 1. The lowest BCUT2D eigenvalue weighted by molar-refractivity contribution is 0.102. The van der Waals surface area contributed by atoms with E-state index in [9.17, 15) is 4.79 Å². The average Bonchev–Trinajstić information content (AvgIpc) is 2.99. The van der Waals surface area contributed by atoms with Crippen molar-refractivity contribution < 1.29 is 4.79 Å². The minimum absolute atomic E-state index is 0.299. The second-order valence-corrected chi connectivity index (χ2v) is 8.24. The number of amides is 1. The Balaban J connectivity index is 1.87. The van der Waals surface area contributed by atoms with Crippen molar-refractivity contribution in [1.82, 2.24) is 4.98 Å². The summed E-state index contributed by atoms with van der Waals surface area (Å²) in [6.45, 7) is 0. The minimum atomic E-state index is -0.299. The molecule has 2 aromatic heterocycles. The maximum Gasteiger partial charge on any atom is 0.259 e. The van der Waals surface area contributed by atoms with Crippen molar-refractivity contribution >= 4 is 78.9 Å². The van der Waals surface area contributed by atoms with Crippen molar-refractivity contribution in [2.24, 2.45) is 0 Å². The smallest absolute Gasteiger partial charge is 0.259 e. The summed E-state index contributed by atoms with van der Waals surface area (Å²) in [5.74, 6) is -0.299. The molecule has 0 aliphatic heterocycles. The number of aromatic nitrogens is 1. The van der Waals surface area contributed by atoms with Crippen LogP contribution >= 0.6 is 57.6 Å². The molecule has 0 saturated carbocycles. The number of benzene rings is 1. The Hall–Kier alpha value is -0.790. The fraction of sp³-hybridized carbons (Fsp3) is 0.0769.